The average Bonchev–Trinajstić information content (AvgIpc) is 2.08. The number of rotatable bonds is 3. The monoisotopic (exact) mass is 192 g/mol. The van der Waals surface area contributed by atoms with Crippen LogP contribution in [0.5, 0.6) is 0 Å². The van der Waals surface area contributed by atoms with Gasteiger partial charge in [-0.3, -0.25) is 9.59 Å². The Morgan fingerprint density at radius 3 is 2.50 bits per heavy atom. The third-order valence-electron chi connectivity index (χ3n) is 1.79. The van der Waals surface area contributed by atoms with Gasteiger partial charge in [0.2, 0.25) is 0 Å². The molecule has 0 atom stereocenters. The van der Waals surface area contributed by atoms with Crippen LogP contribution < -0.4 is 11.5 Å². The number of nitrogens with two attached hydrogens (primary N) is 2. The van der Waals surface area contributed by atoms with Crippen molar-refractivity contribution >= 4 is 22.9 Å². The first kappa shape index (κ1) is 10.2. The van der Waals surface area contributed by atoms with Gasteiger partial charge in [-0.2, -0.15) is 0 Å². The number of Topliss-reactive ketones (excluding diaryl/α,β-unsaturated/α-hetero) is 2. The second-order valence-corrected chi connectivity index (χ2v) is 3.15. The second kappa shape index (κ2) is 3.91. The van der Waals surface area contributed by atoms with E-state index in [1.165, 1.54) is 13.0 Å². The topological polar surface area (TPSA) is 86.2 Å². The van der Waals surface area contributed by atoms with Gasteiger partial charge in [0.05, 0.1) is 6.42 Å². The van der Waals surface area contributed by atoms with E-state index in [2.05, 4.69) is 0 Å². The van der Waals surface area contributed by atoms with E-state index in [4.69, 9.17) is 11.5 Å². The summed E-state index contributed by atoms with van der Waals surface area (Å²) < 4.78 is 0. The zero-order valence-electron chi connectivity index (χ0n) is 7.91. The predicted molar refractivity (Wildman–Crippen MR) is 54.9 cm³/mol. The van der Waals surface area contributed by atoms with Crippen molar-refractivity contribution in [1.29, 1.82) is 0 Å². The van der Waals surface area contributed by atoms with Crippen LogP contribution in [-0.4, -0.2) is 11.6 Å². The number of hydrogen-bond donors (Lipinski definition) is 2. The van der Waals surface area contributed by atoms with Gasteiger partial charge in [-0.05, 0) is 25.1 Å². The van der Waals surface area contributed by atoms with Crippen molar-refractivity contribution in [2.24, 2.45) is 0 Å². The van der Waals surface area contributed by atoms with Crippen LogP contribution in [0.3, 0.4) is 0 Å². The number of hydrogen-bond acceptors (Lipinski definition) is 4. The highest BCUT2D eigenvalue weighted by Gasteiger charge is 2.11. The summed E-state index contributed by atoms with van der Waals surface area (Å²) in [4.78, 5) is 22.2. The van der Waals surface area contributed by atoms with Gasteiger partial charge in [0.1, 0.15) is 5.78 Å². The van der Waals surface area contributed by atoms with Gasteiger partial charge in [-0.15, -0.1) is 0 Å². The summed E-state index contributed by atoms with van der Waals surface area (Å²) in [7, 11) is 0. The number of carbonyl (C=O) groups excluding carboxylic acids is 2. The molecule has 4 nitrogen and oxygen atoms in total. The van der Waals surface area contributed by atoms with Crippen molar-refractivity contribution in [3.63, 3.8) is 0 Å². The molecule has 1 aromatic carbocycles. The second-order valence-electron chi connectivity index (χ2n) is 3.15. The van der Waals surface area contributed by atoms with E-state index in [0.717, 1.165) is 0 Å². The lowest BCUT2D eigenvalue weighted by Crippen LogP contribution is -2.08. The van der Waals surface area contributed by atoms with Gasteiger partial charge in [-0.1, -0.05) is 0 Å². The minimum atomic E-state index is -0.290. The molecule has 4 heteroatoms. The minimum Gasteiger partial charge on any atom is -0.399 e. The molecule has 0 saturated heterocycles. The van der Waals surface area contributed by atoms with Crippen LogP contribution in [0.1, 0.15) is 23.7 Å². The Kier molecular flexibility index (Phi) is 2.86. The first-order chi connectivity index (χ1) is 6.50. The summed E-state index contributed by atoms with van der Waals surface area (Å²) in [6.07, 6.45) is -0.131. The van der Waals surface area contributed by atoms with Gasteiger partial charge < -0.3 is 11.5 Å². The largest absolute Gasteiger partial charge is 0.399 e. The Hall–Kier alpha value is -1.84. The molecule has 4 N–H and O–H groups in total. The number of ketones is 2. The van der Waals surface area contributed by atoms with Gasteiger partial charge in [0.25, 0.3) is 0 Å². The molecule has 0 bridgehead atoms. The van der Waals surface area contributed by atoms with Crippen LogP contribution in [0.4, 0.5) is 11.4 Å². The molecule has 0 aromatic heterocycles. The van der Waals surface area contributed by atoms with Crippen LogP contribution in [0, 0.1) is 0 Å². The van der Waals surface area contributed by atoms with Crippen molar-refractivity contribution in [2.75, 3.05) is 11.5 Å². The zero-order valence-corrected chi connectivity index (χ0v) is 7.91. The van der Waals surface area contributed by atoms with Crippen molar-refractivity contribution in [2.45, 2.75) is 13.3 Å². The summed E-state index contributed by atoms with van der Waals surface area (Å²) in [5.74, 6) is -0.473. The summed E-state index contributed by atoms with van der Waals surface area (Å²) in [5, 5.41) is 0. The fourth-order valence-corrected chi connectivity index (χ4v) is 1.14. The van der Waals surface area contributed by atoms with E-state index in [-0.39, 0.29) is 18.0 Å². The zero-order chi connectivity index (χ0) is 10.7. The first-order valence-electron chi connectivity index (χ1n) is 4.18. The van der Waals surface area contributed by atoms with Gasteiger partial charge in [0.15, 0.2) is 5.78 Å². The third-order valence-corrected chi connectivity index (χ3v) is 1.79. The lowest BCUT2D eigenvalue weighted by Gasteiger charge is -2.04. The molecule has 74 valence electrons. The molecule has 0 amide bonds. The van der Waals surface area contributed by atoms with E-state index < -0.39 is 0 Å². The van der Waals surface area contributed by atoms with Crippen LogP contribution in [0.25, 0.3) is 0 Å². The molecule has 14 heavy (non-hydrogen) atoms. The molecule has 0 fully saturated rings. The Labute approximate surface area is 81.9 Å². The smallest absolute Gasteiger partial charge is 0.172 e. The van der Waals surface area contributed by atoms with Gasteiger partial charge in [0, 0.05) is 16.9 Å². The average molecular weight is 192 g/mol. The lowest BCUT2D eigenvalue weighted by atomic mass is 10.0. The van der Waals surface area contributed by atoms with Crippen LogP contribution >= 0.6 is 0 Å². The maximum atomic E-state index is 11.5. The molecule has 0 unspecified atom stereocenters. The van der Waals surface area contributed by atoms with E-state index in [0.29, 0.717) is 16.9 Å². The molecule has 0 radical (unpaired) electrons. The molecular formula is C10H12N2O2. The Bertz CT molecular complexity index is 386. The summed E-state index contributed by atoms with van der Waals surface area (Å²) >= 11 is 0. The molecule has 0 spiro atoms. The fourth-order valence-electron chi connectivity index (χ4n) is 1.14. The number of carbonyl (C=O) groups is 2. The Morgan fingerprint density at radius 1 is 1.29 bits per heavy atom. The first-order valence-corrected chi connectivity index (χ1v) is 4.18. The van der Waals surface area contributed by atoms with E-state index in [9.17, 15) is 9.59 Å². The Balaban J connectivity index is 3.00. The Morgan fingerprint density at radius 2 is 1.93 bits per heavy atom. The standard InChI is InChI=1S/C10H12N2O2/c1-6(13)4-10(14)8-5-7(11)2-3-9(8)12/h2-3,5H,4,11-12H2,1H3. The van der Waals surface area contributed by atoms with Crippen LogP contribution in [0.2, 0.25) is 0 Å². The van der Waals surface area contributed by atoms with Crippen molar-refractivity contribution < 1.29 is 9.59 Å². The molecular weight excluding hydrogens is 180 g/mol. The number of nitrogen functional groups attached to an aromatic ring is 2. The fraction of sp³-hybridized carbons (Fsp3) is 0.200. The number of anilines is 2. The van der Waals surface area contributed by atoms with Gasteiger partial charge in [-0.25, -0.2) is 0 Å². The predicted octanol–water partition coefficient (Wildman–Crippen LogP) is 1.01. The quantitative estimate of drug-likeness (QED) is 0.425. The molecule has 0 aliphatic carbocycles. The van der Waals surface area contributed by atoms with Crippen molar-refractivity contribution in [1.82, 2.24) is 0 Å². The minimum absolute atomic E-state index is 0.131. The van der Waals surface area contributed by atoms with Crippen LogP contribution in [-0.2, 0) is 4.79 Å². The van der Waals surface area contributed by atoms with Crippen LogP contribution in [0.15, 0.2) is 18.2 Å². The van der Waals surface area contributed by atoms with Gasteiger partial charge >= 0.3 is 0 Å². The van der Waals surface area contributed by atoms with Crippen molar-refractivity contribution in [3.8, 4) is 0 Å². The highest BCUT2D eigenvalue weighted by atomic mass is 16.1. The third kappa shape index (κ3) is 2.32. The maximum absolute atomic E-state index is 11.5. The molecule has 1 aromatic rings. The van der Waals surface area contributed by atoms with E-state index >= 15 is 0 Å². The number of benzene rings is 1. The SMILES string of the molecule is CC(=O)CC(=O)c1cc(N)ccc1N. The summed E-state index contributed by atoms with van der Waals surface area (Å²) in [6.45, 7) is 1.36. The lowest BCUT2D eigenvalue weighted by molar-refractivity contribution is -0.116. The highest BCUT2D eigenvalue weighted by molar-refractivity contribution is 6.10. The molecule has 0 aliphatic rings. The maximum Gasteiger partial charge on any atom is 0.172 e. The summed E-state index contributed by atoms with van der Waals surface area (Å²) in [5.41, 5.74) is 12.2. The molecule has 1 rings (SSSR count). The molecule has 0 heterocycles. The van der Waals surface area contributed by atoms with E-state index in [1.807, 2.05) is 0 Å². The molecule has 0 aliphatic heterocycles. The van der Waals surface area contributed by atoms with Crippen molar-refractivity contribution in [3.05, 3.63) is 23.8 Å². The molecule has 0 saturated carbocycles. The highest BCUT2D eigenvalue weighted by Crippen LogP contribution is 2.17. The summed E-state index contributed by atoms with van der Waals surface area (Å²) in [6, 6.07) is 4.66. The van der Waals surface area contributed by atoms with E-state index in [1.54, 1.807) is 12.1 Å². The normalized spacial score (nSPS) is 9.79.